The third-order valence-corrected chi connectivity index (χ3v) is 9.62. The zero-order chi connectivity index (χ0) is 19.9. The van der Waals surface area contributed by atoms with Gasteiger partial charge >= 0.3 is 0 Å². The fourth-order valence-electron chi connectivity index (χ4n) is 8.40. The quantitative estimate of drug-likeness (QED) is 0.537. The van der Waals surface area contributed by atoms with Crippen LogP contribution in [0.3, 0.4) is 0 Å². The number of aliphatic hydroxyl groups excluding tert-OH is 1. The second-order valence-electron chi connectivity index (χ2n) is 11.1. The highest BCUT2D eigenvalue weighted by molar-refractivity contribution is 6.14. The molecule has 0 aromatic heterocycles. The topological polar surface area (TPSA) is 58.9 Å². The molecule has 0 amide bonds. The molecule has 1 heterocycles. The standard InChI is InChI=1S/C23H35BO4/c1-20-8-9-23(24,26)12-14(20)4-5-15-16-6-7-18(22(3)27-10-11-28-22)21(16,2)13-17(25)19(15)20/h4,15-19,25-26H,5-13H2,1-3H3. The number of aliphatic hydroxyl groups is 2. The van der Waals surface area contributed by atoms with Gasteiger partial charge in [-0.2, -0.15) is 0 Å². The van der Waals surface area contributed by atoms with Crippen molar-refractivity contribution in [1.82, 2.24) is 0 Å². The average molecular weight is 386 g/mol. The van der Waals surface area contributed by atoms with Gasteiger partial charge in [-0.15, -0.1) is 0 Å². The largest absolute Gasteiger partial charge is 0.399 e. The molecule has 4 fully saturated rings. The van der Waals surface area contributed by atoms with E-state index in [1.807, 2.05) is 0 Å². The Labute approximate surface area is 170 Å². The van der Waals surface area contributed by atoms with Crippen LogP contribution in [-0.2, 0) is 9.47 Å². The molecule has 28 heavy (non-hydrogen) atoms. The Balaban J connectivity index is 1.49. The van der Waals surface area contributed by atoms with Gasteiger partial charge in [-0.05, 0) is 80.5 Å². The van der Waals surface area contributed by atoms with Crippen LogP contribution < -0.4 is 0 Å². The number of fused-ring (bicyclic) bond motifs is 5. The third-order valence-electron chi connectivity index (χ3n) is 9.62. The summed E-state index contributed by atoms with van der Waals surface area (Å²) in [6.07, 6.45) is 8.17. The lowest BCUT2D eigenvalue weighted by molar-refractivity contribution is -0.223. The monoisotopic (exact) mass is 386 g/mol. The Morgan fingerprint density at radius 1 is 1.11 bits per heavy atom. The summed E-state index contributed by atoms with van der Waals surface area (Å²) in [5.74, 6) is 1.17. The van der Waals surface area contributed by atoms with Gasteiger partial charge in [-0.3, -0.25) is 0 Å². The Hall–Kier alpha value is -0.355. The first-order valence-corrected chi connectivity index (χ1v) is 11.3. The summed E-state index contributed by atoms with van der Waals surface area (Å²) in [5.41, 5.74) is 0.190. The zero-order valence-electron chi connectivity index (χ0n) is 17.6. The van der Waals surface area contributed by atoms with E-state index >= 15 is 0 Å². The molecule has 4 aliphatic carbocycles. The lowest BCUT2D eigenvalue weighted by Gasteiger charge is -2.61. The first-order valence-electron chi connectivity index (χ1n) is 11.3. The number of ether oxygens (including phenoxy) is 2. The van der Waals surface area contributed by atoms with Crippen LogP contribution in [0.4, 0.5) is 0 Å². The molecule has 5 aliphatic rings. The van der Waals surface area contributed by atoms with Gasteiger partial charge in [0.2, 0.25) is 0 Å². The van der Waals surface area contributed by atoms with Crippen LogP contribution >= 0.6 is 0 Å². The number of allylic oxidation sites excluding steroid dienone is 1. The van der Waals surface area contributed by atoms with Crippen molar-refractivity contribution in [3.05, 3.63) is 11.6 Å². The summed E-state index contributed by atoms with van der Waals surface area (Å²) < 4.78 is 12.2. The maximum atomic E-state index is 11.5. The number of hydrogen-bond donors (Lipinski definition) is 2. The van der Waals surface area contributed by atoms with E-state index in [2.05, 4.69) is 26.8 Å². The molecule has 3 saturated carbocycles. The fraction of sp³-hybridized carbons (Fsp3) is 0.913. The van der Waals surface area contributed by atoms with E-state index in [-0.39, 0.29) is 22.9 Å². The van der Waals surface area contributed by atoms with E-state index in [1.165, 1.54) is 12.0 Å². The van der Waals surface area contributed by atoms with Crippen LogP contribution in [0, 0.1) is 34.5 Å². The summed E-state index contributed by atoms with van der Waals surface area (Å²) in [6, 6.07) is 0. The fourth-order valence-corrected chi connectivity index (χ4v) is 8.40. The van der Waals surface area contributed by atoms with E-state index < -0.39 is 11.3 Å². The van der Waals surface area contributed by atoms with Gasteiger partial charge in [0.15, 0.2) is 5.79 Å². The Kier molecular flexibility index (Phi) is 4.26. The lowest BCUT2D eigenvalue weighted by atomic mass is 9.44. The smallest absolute Gasteiger partial charge is 0.169 e. The lowest BCUT2D eigenvalue weighted by Crippen LogP contribution is -2.59. The predicted octanol–water partition coefficient (Wildman–Crippen LogP) is 3.16. The second-order valence-corrected chi connectivity index (χ2v) is 11.1. The Morgan fingerprint density at radius 2 is 1.82 bits per heavy atom. The molecule has 0 bridgehead atoms. The number of rotatable bonds is 1. The van der Waals surface area contributed by atoms with Gasteiger partial charge in [0.25, 0.3) is 0 Å². The van der Waals surface area contributed by atoms with Crippen molar-refractivity contribution >= 4 is 7.85 Å². The average Bonchev–Trinajstić information content (AvgIpc) is 3.19. The normalized spacial score (nSPS) is 55.2. The van der Waals surface area contributed by atoms with Crippen molar-refractivity contribution in [3.8, 4) is 0 Å². The van der Waals surface area contributed by atoms with Crippen LogP contribution in [0.1, 0.15) is 65.7 Å². The van der Waals surface area contributed by atoms with E-state index in [1.54, 1.807) is 0 Å². The molecule has 0 aromatic rings. The van der Waals surface area contributed by atoms with Crippen LogP contribution in [-0.4, -0.2) is 48.7 Å². The molecular weight excluding hydrogens is 351 g/mol. The van der Waals surface area contributed by atoms with Gasteiger partial charge in [0.1, 0.15) is 7.85 Å². The summed E-state index contributed by atoms with van der Waals surface area (Å²) in [6.45, 7) is 8.16. The molecular formula is C23H35BO4. The van der Waals surface area contributed by atoms with E-state index in [0.717, 1.165) is 25.7 Å². The minimum atomic E-state index is -1.09. The molecule has 154 valence electrons. The molecule has 2 N–H and O–H groups in total. The van der Waals surface area contributed by atoms with Gasteiger partial charge in [0, 0.05) is 11.4 Å². The van der Waals surface area contributed by atoms with E-state index in [0.29, 0.717) is 43.8 Å². The maximum absolute atomic E-state index is 11.5. The van der Waals surface area contributed by atoms with Crippen molar-refractivity contribution in [3.63, 3.8) is 0 Å². The zero-order valence-corrected chi connectivity index (χ0v) is 17.6. The number of hydrogen-bond acceptors (Lipinski definition) is 4. The predicted molar refractivity (Wildman–Crippen MR) is 108 cm³/mol. The maximum Gasteiger partial charge on any atom is 0.169 e. The third kappa shape index (κ3) is 2.58. The van der Waals surface area contributed by atoms with Crippen LogP contribution in [0.25, 0.3) is 0 Å². The van der Waals surface area contributed by atoms with Gasteiger partial charge < -0.3 is 19.7 Å². The summed E-state index contributed by atoms with van der Waals surface area (Å²) in [7, 11) is 6.08. The van der Waals surface area contributed by atoms with Gasteiger partial charge in [-0.1, -0.05) is 25.5 Å². The highest BCUT2D eigenvalue weighted by Crippen LogP contribution is 2.68. The molecule has 8 unspecified atom stereocenters. The molecule has 1 saturated heterocycles. The molecule has 8 atom stereocenters. The second kappa shape index (κ2) is 6.09. The molecule has 4 nitrogen and oxygen atoms in total. The van der Waals surface area contributed by atoms with Crippen LogP contribution in [0.5, 0.6) is 0 Å². The minimum absolute atomic E-state index is 0.0440. The highest BCUT2D eigenvalue weighted by atomic mass is 16.7. The Bertz CT molecular complexity index is 684. The van der Waals surface area contributed by atoms with Gasteiger partial charge in [0.05, 0.1) is 19.3 Å². The van der Waals surface area contributed by atoms with Crippen molar-refractivity contribution in [1.29, 1.82) is 0 Å². The van der Waals surface area contributed by atoms with Crippen LogP contribution in [0.2, 0.25) is 0 Å². The summed E-state index contributed by atoms with van der Waals surface area (Å²) in [5, 5.41) is 21.9. The molecule has 0 aromatic carbocycles. The van der Waals surface area contributed by atoms with Crippen LogP contribution in [0.15, 0.2) is 11.6 Å². The van der Waals surface area contributed by atoms with Crippen molar-refractivity contribution in [2.24, 2.45) is 34.5 Å². The van der Waals surface area contributed by atoms with E-state index in [4.69, 9.17) is 17.3 Å². The first kappa shape index (κ1) is 19.6. The van der Waals surface area contributed by atoms with Crippen molar-refractivity contribution in [2.45, 2.75) is 83.1 Å². The summed E-state index contributed by atoms with van der Waals surface area (Å²) >= 11 is 0. The molecule has 5 heteroatoms. The first-order chi connectivity index (χ1) is 13.1. The summed E-state index contributed by atoms with van der Waals surface area (Å²) in [4.78, 5) is 0. The van der Waals surface area contributed by atoms with Gasteiger partial charge in [-0.25, -0.2) is 0 Å². The molecule has 2 radical (unpaired) electrons. The van der Waals surface area contributed by atoms with Crippen molar-refractivity contribution < 1.29 is 19.7 Å². The Morgan fingerprint density at radius 3 is 2.54 bits per heavy atom. The van der Waals surface area contributed by atoms with E-state index in [9.17, 15) is 10.2 Å². The van der Waals surface area contributed by atoms with Crippen molar-refractivity contribution in [2.75, 3.05) is 13.2 Å². The molecule has 0 spiro atoms. The SMILES string of the molecule is [B]C1(O)CCC2(C)C(=CCC3C2C(O)CC2(C)C3CCC2C2(C)OCCO2)C1. The molecule has 1 aliphatic heterocycles. The molecule has 5 rings (SSSR count). The minimum Gasteiger partial charge on any atom is -0.399 e. The highest BCUT2D eigenvalue weighted by Gasteiger charge is 2.65.